The number of ether oxygens (including phenoxy) is 1. The zero-order valence-electron chi connectivity index (χ0n) is 14.8. The van der Waals surface area contributed by atoms with Gasteiger partial charge in [-0.05, 0) is 43.5 Å². The molecule has 128 valence electrons. The smallest absolute Gasteiger partial charge is 0.0485 e. The molecule has 0 aliphatic carbocycles. The van der Waals surface area contributed by atoms with Crippen LogP contribution in [0.1, 0.15) is 38.2 Å². The van der Waals surface area contributed by atoms with Crippen molar-refractivity contribution in [3.8, 4) is 0 Å². The highest BCUT2D eigenvalue weighted by Crippen LogP contribution is 2.31. The van der Waals surface area contributed by atoms with E-state index in [1.54, 1.807) is 0 Å². The summed E-state index contributed by atoms with van der Waals surface area (Å²) < 4.78 is 5.49. The Labute approximate surface area is 140 Å². The third-order valence-corrected chi connectivity index (χ3v) is 5.11. The van der Waals surface area contributed by atoms with E-state index in [1.807, 2.05) is 0 Å². The molecule has 2 heterocycles. The number of anilines is 2. The van der Waals surface area contributed by atoms with Crippen LogP contribution in [0.25, 0.3) is 0 Å². The van der Waals surface area contributed by atoms with Crippen molar-refractivity contribution >= 4 is 11.4 Å². The minimum atomic E-state index is 0.541. The highest BCUT2D eigenvalue weighted by atomic mass is 16.5. The number of rotatable bonds is 4. The maximum absolute atomic E-state index is 5.49. The molecule has 0 atom stereocenters. The summed E-state index contributed by atoms with van der Waals surface area (Å²) in [5.74, 6) is 0.541. The average molecular weight is 317 g/mol. The first-order valence-corrected chi connectivity index (χ1v) is 9.05. The van der Waals surface area contributed by atoms with Crippen molar-refractivity contribution in [2.45, 2.75) is 38.6 Å². The van der Waals surface area contributed by atoms with Gasteiger partial charge in [0, 0.05) is 56.8 Å². The zero-order chi connectivity index (χ0) is 16.2. The number of piperazine rings is 1. The fourth-order valence-electron chi connectivity index (χ4n) is 3.50. The minimum Gasteiger partial charge on any atom is -0.382 e. The van der Waals surface area contributed by atoms with Crippen molar-refractivity contribution in [1.29, 1.82) is 0 Å². The highest BCUT2D eigenvalue weighted by molar-refractivity contribution is 5.64. The SMILES string of the molecule is CC(C)c1ccc(N2CCN(C)CC2)cc1NC1CCOCC1. The van der Waals surface area contributed by atoms with E-state index in [0.29, 0.717) is 12.0 Å². The number of nitrogens with zero attached hydrogens (tertiary/aromatic N) is 2. The van der Waals surface area contributed by atoms with Crippen molar-refractivity contribution in [2.24, 2.45) is 0 Å². The van der Waals surface area contributed by atoms with Gasteiger partial charge in [-0.15, -0.1) is 0 Å². The Morgan fingerprint density at radius 1 is 1.09 bits per heavy atom. The molecular weight excluding hydrogens is 286 g/mol. The predicted octanol–water partition coefficient (Wildman–Crippen LogP) is 3.15. The van der Waals surface area contributed by atoms with E-state index in [1.165, 1.54) is 16.9 Å². The molecule has 1 aromatic carbocycles. The lowest BCUT2D eigenvalue weighted by Gasteiger charge is -2.35. The first-order valence-electron chi connectivity index (χ1n) is 9.05. The van der Waals surface area contributed by atoms with Gasteiger partial charge in [-0.1, -0.05) is 19.9 Å². The monoisotopic (exact) mass is 317 g/mol. The maximum Gasteiger partial charge on any atom is 0.0485 e. The van der Waals surface area contributed by atoms with E-state index in [0.717, 1.165) is 52.2 Å². The van der Waals surface area contributed by atoms with Crippen LogP contribution >= 0.6 is 0 Å². The van der Waals surface area contributed by atoms with Gasteiger partial charge in [0.25, 0.3) is 0 Å². The molecule has 0 aromatic heterocycles. The molecule has 3 rings (SSSR count). The molecular formula is C19H31N3O. The minimum absolute atomic E-state index is 0.541. The van der Waals surface area contributed by atoms with Gasteiger partial charge in [-0.2, -0.15) is 0 Å². The van der Waals surface area contributed by atoms with E-state index >= 15 is 0 Å². The van der Waals surface area contributed by atoms with Crippen molar-refractivity contribution in [1.82, 2.24) is 4.90 Å². The van der Waals surface area contributed by atoms with Crippen LogP contribution in [-0.2, 0) is 4.74 Å². The molecule has 2 aliphatic heterocycles. The largest absolute Gasteiger partial charge is 0.382 e. The number of benzene rings is 1. The summed E-state index contributed by atoms with van der Waals surface area (Å²) in [7, 11) is 2.21. The Kier molecular flexibility index (Phi) is 5.44. The zero-order valence-corrected chi connectivity index (χ0v) is 14.8. The molecule has 1 N–H and O–H groups in total. The van der Waals surface area contributed by atoms with Crippen LogP contribution in [0.5, 0.6) is 0 Å². The molecule has 1 aromatic rings. The van der Waals surface area contributed by atoms with Crippen LogP contribution in [0.3, 0.4) is 0 Å². The second-order valence-corrected chi connectivity index (χ2v) is 7.25. The lowest BCUT2D eigenvalue weighted by Crippen LogP contribution is -2.44. The fraction of sp³-hybridized carbons (Fsp3) is 0.684. The Bertz CT molecular complexity index is 503. The van der Waals surface area contributed by atoms with Gasteiger partial charge >= 0.3 is 0 Å². The van der Waals surface area contributed by atoms with Gasteiger partial charge < -0.3 is 19.9 Å². The first-order chi connectivity index (χ1) is 11.1. The molecule has 4 nitrogen and oxygen atoms in total. The Hall–Kier alpha value is -1.26. The van der Waals surface area contributed by atoms with E-state index in [2.05, 4.69) is 54.2 Å². The summed E-state index contributed by atoms with van der Waals surface area (Å²) in [6, 6.07) is 7.54. The second kappa shape index (κ2) is 7.54. The van der Waals surface area contributed by atoms with E-state index < -0.39 is 0 Å². The van der Waals surface area contributed by atoms with Crippen LogP contribution in [0.2, 0.25) is 0 Å². The third-order valence-electron chi connectivity index (χ3n) is 5.11. The van der Waals surface area contributed by atoms with Gasteiger partial charge in [0.1, 0.15) is 0 Å². The third kappa shape index (κ3) is 4.18. The molecule has 0 spiro atoms. The topological polar surface area (TPSA) is 27.7 Å². The molecule has 0 saturated carbocycles. The average Bonchev–Trinajstić information content (AvgIpc) is 2.56. The fourth-order valence-corrected chi connectivity index (χ4v) is 3.50. The van der Waals surface area contributed by atoms with Crippen molar-refractivity contribution in [3.05, 3.63) is 23.8 Å². The summed E-state index contributed by atoms with van der Waals surface area (Å²) in [5.41, 5.74) is 4.11. The molecule has 2 aliphatic rings. The number of hydrogen-bond donors (Lipinski definition) is 1. The summed E-state index contributed by atoms with van der Waals surface area (Å²) in [6.07, 6.45) is 2.21. The highest BCUT2D eigenvalue weighted by Gasteiger charge is 2.19. The quantitative estimate of drug-likeness (QED) is 0.923. The van der Waals surface area contributed by atoms with Crippen LogP contribution in [0.4, 0.5) is 11.4 Å². The molecule has 0 unspecified atom stereocenters. The van der Waals surface area contributed by atoms with Gasteiger partial charge in [-0.25, -0.2) is 0 Å². The van der Waals surface area contributed by atoms with Crippen LogP contribution in [0, 0.1) is 0 Å². The van der Waals surface area contributed by atoms with Gasteiger partial charge in [0.2, 0.25) is 0 Å². The number of hydrogen-bond acceptors (Lipinski definition) is 4. The predicted molar refractivity (Wildman–Crippen MR) is 97.7 cm³/mol. The summed E-state index contributed by atoms with van der Waals surface area (Å²) in [4.78, 5) is 4.92. The van der Waals surface area contributed by atoms with Crippen molar-refractivity contribution < 1.29 is 4.74 Å². The lowest BCUT2D eigenvalue weighted by atomic mass is 9.98. The normalized spacial score (nSPS) is 21.0. The molecule has 0 radical (unpaired) electrons. The number of nitrogens with one attached hydrogen (secondary N) is 1. The summed E-state index contributed by atoms with van der Waals surface area (Å²) in [5, 5.41) is 3.80. The standard InChI is InChI=1S/C19H31N3O/c1-15(2)18-5-4-17(22-10-8-21(3)9-11-22)14-19(18)20-16-6-12-23-13-7-16/h4-5,14-16,20H,6-13H2,1-3H3. The Morgan fingerprint density at radius 3 is 2.43 bits per heavy atom. The molecule has 0 bridgehead atoms. The molecule has 23 heavy (non-hydrogen) atoms. The van der Waals surface area contributed by atoms with E-state index in [4.69, 9.17) is 4.74 Å². The van der Waals surface area contributed by atoms with E-state index in [9.17, 15) is 0 Å². The molecule has 2 saturated heterocycles. The molecule has 2 fully saturated rings. The maximum atomic E-state index is 5.49. The van der Waals surface area contributed by atoms with Gasteiger partial charge in [0.05, 0.1) is 0 Å². The van der Waals surface area contributed by atoms with Crippen LogP contribution in [-0.4, -0.2) is 57.4 Å². The molecule has 4 heteroatoms. The van der Waals surface area contributed by atoms with Crippen molar-refractivity contribution in [2.75, 3.05) is 56.7 Å². The van der Waals surface area contributed by atoms with Crippen LogP contribution in [0.15, 0.2) is 18.2 Å². The summed E-state index contributed by atoms with van der Waals surface area (Å²) in [6.45, 7) is 10.9. The van der Waals surface area contributed by atoms with Gasteiger partial charge in [0.15, 0.2) is 0 Å². The van der Waals surface area contributed by atoms with Gasteiger partial charge in [-0.3, -0.25) is 0 Å². The van der Waals surface area contributed by atoms with Crippen LogP contribution < -0.4 is 10.2 Å². The van der Waals surface area contributed by atoms with Crippen molar-refractivity contribution in [3.63, 3.8) is 0 Å². The Morgan fingerprint density at radius 2 is 1.78 bits per heavy atom. The molecule has 0 amide bonds. The lowest BCUT2D eigenvalue weighted by molar-refractivity contribution is 0.0904. The first kappa shape index (κ1) is 16.6. The summed E-state index contributed by atoms with van der Waals surface area (Å²) >= 11 is 0. The Balaban J connectivity index is 1.78. The second-order valence-electron chi connectivity index (χ2n) is 7.25. The van der Waals surface area contributed by atoms with E-state index in [-0.39, 0.29) is 0 Å². The number of likely N-dealkylation sites (N-methyl/N-ethyl adjacent to an activating group) is 1.